The monoisotopic (exact) mass is 472 g/mol. The van der Waals surface area contributed by atoms with Gasteiger partial charge in [-0.2, -0.15) is 0 Å². The predicted octanol–water partition coefficient (Wildman–Crippen LogP) is 8.49. The van der Waals surface area contributed by atoms with Crippen LogP contribution in [-0.4, -0.2) is 6.36 Å². The van der Waals surface area contributed by atoms with E-state index in [2.05, 4.69) is 23.5 Å². The van der Waals surface area contributed by atoms with E-state index in [1.165, 1.54) is 36.8 Å². The molecule has 1 fully saturated rings. The second kappa shape index (κ2) is 10.0. The summed E-state index contributed by atoms with van der Waals surface area (Å²) in [6.45, 7) is 2.18. The molecule has 178 valence electrons. The second-order valence-electron chi connectivity index (χ2n) is 8.89. The molecule has 0 heterocycles. The maximum absolute atomic E-state index is 14.8. The van der Waals surface area contributed by atoms with Gasteiger partial charge in [0.05, 0.1) is 5.56 Å². The first kappa shape index (κ1) is 24.1. The molecule has 0 aromatic heterocycles. The lowest BCUT2D eigenvalue weighted by Crippen LogP contribution is -2.16. The molecule has 0 bridgehead atoms. The zero-order valence-electron chi connectivity index (χ0n) is 18.8. The van der Waals surface area contributed by atoms with Gasteiger partial charge in [0.15, 0.2) is 0 Å². The van der Waals surface area contributed by atoms with Gasteiger partial charge >= 0.3 is 6.36 Å². The largest absolute Gasteiger partial charge is 0.573 e. The van der Waals surface area contributed by atoms with E-state index in [9.17, 15) is 22.0 Å². The summed E-state index contributed by atoms with van der Waals surface area (Å²) < 4.78 is 70.6. The number of alkyl halides is 3. The zero-order valence-corrected chi connectivity index (χ0v) is 18.8. The molecule has 6 heteroatoms. The number of halogens is 5. The van der Waals surface area contributed by atoms with Gasteiger partial charge < -0.3 is 4.74 Å². The first-order valence-corrected chi connectivity index (χ1v) is 11.5. The van der Waals surface area contributed by atoms with Crippen LogP contribution in [0.15, 0.2) is 48.5 Å². The number of fused-ring (bicyclic) bond motifs is 1. The number of rotatable bonds is 4. The van der Waals surface area contributed by atoms with Gasteiger partial charge in [-0.3, -0.25) is 0 Å². The smallest absolute Gasteiger partial charge is 0.406 e. The normalized spacial score (nSPS) is 18.4. The van der Waals surface area contributed by atoms with Crippen molar-refractivity contribution < 1.29 is 26.7 Å². The molecule has 0 amide bonds. The van der Waals surface area contributed by atoms with Gasteiger partial charge in [0, 0.05) is 5.56 Å². The molecule has 0 atom stereocenters. The Hall–Kier alpha value is -3.07. The summed E-state index contributed by atoms with van der Waals surface area (Å²) >= 11 is 0. The van der Waals surface area contributed by atoms with Crippen molar-refractivity contribution in [2.45, 2.75) is 57.7 Å². The molecule has 3 aromatic carbocycles. The average Bonchev–Trinajstić information content (AvgIpc) is 2.78. The molecule has 0 saturated heterocycles. The SMILES string of the molecule is CCC[C@H]1CC[C@H](c2cc(F)c(C#Cc3ccc4cc(OC(F)(F)F)ccc4c3)c(F)c2)CC1. The van der Waals surface area contributed by atoms with Crippen molar-refractivity contribution in [3.05, 3.63) is 76.9 Å². The van der Waals surface area contributed by atoms with Crippen LogP contribution >= 0.6 is 0 Å². The van der Waals surface area contributed by atoms with E-state index in [0.29, 0.717) is 27.8 Å². The fourth-order valence-corrected chi connectivity index (χ4v) is 4.77. The van der Waals surface area contributed by atoms with Crippen molar-refractivity contribution in [3.63, 3.8) is 0 Å². The number of ether oxygens (including phenoxy) is 1. The first-order chi connectivity index (χ1) is 16.2. The standard InChI is InChI=1S/C28H25F5O/c1-2-3-18-4-8-20(9-5-18)23-16-26(29)25(27(30)17-23)13-7-19-6-10-22-15-24(34-28(31,32)33)12-11-21(22)14-19/h6,10-12,14-18,20H,2-5,8-9H2,1H3/t18-,20-. The van der Waals surface area contributed by atoms with Crippen LogP contribution in [0.3, 0.4) is 0 Å². The van der Waals surface area contributed by atoms with Crippen LogP contribution in [0.25, 0.3) is 10.8 Å². The highest BCUT2D eigenvalue weighted by molar-refractivity contribution is 5.85. The van der Waals surface area contributed by atoms with E-state index in [0.717, 1.165) is 32.1 Å². The number of hydrogen-bond acceptors (Lipinski definition) is 1. The zero-order chi connectivity index (χ0) is 24.3. The summed E-state index contributed by atoms with van der Waals surface area (Å²) in [5.41, 5.74) is 0.907. The van der Waals surface area contributed by atoms with Crippen LogP contribution < -0.4 is 4.74 Å². The molecule has 1 aliphatic rings. The fourth-order valence-electron chi connectivity index (χ4n) is 4.77. The van der Waals surface area contributed by atoms with E-state index >= 15 is 0 Å². The molecule has 34 heavy (non-hydrogen) atoms. The Balaban J connectivity index is 1.51. The molecule has 4 rings (SSSR count). The molecular weight excluding hydrogens is 447 g/mol. The maximum atomic E-state index is 14.8. The van der Waals surface area contributed by atoms with Crippen molar-refractivity contribution >= 4 is 10.8 Å². The molecule has 0 N–H and O–H groups in total. The van der Waals surface area contributed by atoms with Gasteiger partial charge in [-0.05, 0) is 90.3 Å². The van der Waals surface area contributed by atoms with Crippen molar-refractivity contribution in [1.82, 2.24) is 0 Å². The topological polar surface area (TPSA) is 9.23 Å². The van der Waals surface area contributed by atoms with E-state index in [-0.39, 0.29) is 17.2 Å². The Morgan fingerprint density at radius 2 is 1.50 bits per heavy atom. The molecule has 1 saturated carbocycles. The lowest BCUT2D eigenvalue weighted by atomic mass is 9.77. The summed E-state index contributed by atoms with van der Waals surface area (Å²) in [6.07, 6.45) is 1.68. The second-order valence-corrected chi connectivity index (χ2v) is 8.89. The van der Waals surface area contributed by atoms with E-state index in [4.69, 9.17) is 0 Å². The van der Waals surface area contributed by atoms with Crippen molar-refractivity contribution in [1.29, 1.82) is 0 Å². The van der Waals surface area contributed by atoms with Gasteiger partial charge in [0.1, 0.15) is 17.4 Å². The Morgan fingerprint density at radius 1 is 0.853 bits per heavy atom. The van der Waals surface area contributed by atoms with Crippen LogP contribution in [0, 0.1) is 29.4 Å². The molecule has 0 unspecified atom stereocenters. The van der Waals surface area contributed by atoms with Gasteiger partial charge in [0.2, 0.25) is 0 Å². The maximum Gasteiger partial charge on any atom is 0.573 e. The van der Waals surface area contributed by atoms with Gasteiger partial charge in [-0.15, -0.1) is 13.2 Å². The summed E-state index contributed by atoms with van der Waals surface area (Å²) in [7, 11) is 0. The summed E-state index contributed by atoms with van der Waals surface area (Å²) in [5.74, 6) is 4.57. The lowest BCUT2D eigenvalue weighted by molar-refractivity contribution is -0.274. The lowest BCUT2D eigenvalue weighted by Gasteiger charge is -2.28. The summed E-state index contributed by atoms with van der Waals surface area (Å²) in [4.78, 5) is 0. The quantitative estimate of drug-likeness (QED) is 0.273. The van der Waals surface area contributed by atoms with Crippen LogP contribution in [0.4, 0.5) is 22.0 Å². The highest BCUT2D eigenvalue weighted by atomic mass is 19.4. The molecule has 0 radical (unpaired) electrons. The predicted molar refractivity (Wildman–Crippen MR) is 123 cm³/mol. The molecule has 0 aliphatic heterocycles. The molecule has 0 spiro atoms. The minimum atomic E-state index is -4.77. The van der Waals surface area contributed by atoms with Crippen LogP contribution in [0.5, 0.6) is 5.75 Å². The third-order valence-electron chi connectivity index (χ3n) is 6.46. The summed E-state index contributed by atoms with van der Waals surface area (Å²) in [6, 6.07) is 11.6. The molecule has 1 aliphatic carbocycles. The van der Waals surface area contributed by atoms with Crippen molar-refractivity contribution in [3.8, 4) is 17.6 Å². The third-order valence-corrected chi connectivity index (χ3v) is 6.46. The third kappa shape index (κ3) is 5.88. The average molecular weight is 472 g/mol. The fraction of sp³-hybridized carbons (Fsp3) is 0.357. The van der Waals surface area contributed by atoms with Gasteiger partial charge in [0.25, 0.3) is 0 Å². The Kier molecular flexibility index (Phi) is 7.11. The van der Waals surface area contributed by atoms with E-state index < -0.39 is 18.0 Å². The minimum Gasteiger partial charge on any atom is -0.406 e. The van der Waals surface area contributed by atoms with E-state index in [1.54, 1.807) is 18.2 Å². The molecular formula is C28H25F5O. The van der Waals surface area contributed by atoms with Gasteiger partial charge in [-0.25, -0.2) is 8.78 Å². The van der Waals surface area contributed by atoms with Crippen molar-refractivity contribution in [2.75, 3.05) is 0 Å². The number of hydrogen-bond donors (Lipinski definition) is 0. The molecule has 1 nitrogen and oxygen atoms in total. The van der Waals surface area contributed by atoms with Crippen LogP contribution in [0.2, 0.25) is 0 Å². The summed E-state index contributed by atoms with van der Waals surface area (Å²) in [5, 5.41) is 1.17. The van der Waals surface area contributed by atoms with Crippen molar-refractivity contribution in [2.24, 2.45) is 5.92 Å². The highest BCUT2D eigenvalue weighted by Gasteiger charge is 2.31. The minimum absolute atomic E-state index is 0.172. The number of benzene rings is 3. The van der Waals surface area contributed by atoms with E-state index in [1.807, 2.05) is 0 Å². The van der Waals surface area contributed by atoms with Gasteiger partial charge in [-0.1, -0.05) is 43.7 Å². The first-order valence-electron chi connectivity index (χ1n) is 11.5. The van der Waals surface area contributed by atoms with Crippen LogP contribution in [0.1, 0.15) is 68.1 Å². The Morgan fingerprint density at radius 3 is 2.15 bits per heavy atom. The van der Waals surface area contributed by atoms with Crippen LogP contribution in [-0.2, 0) is 0 Å². The Bertz CT molecular complexity index is 1200. The highest BCUT2D eigenvalue weighted by Crippen LogP contribution is 2.38. The molecule has 3 aromatic rings. The Labute approximate surface area is 195 Å².